The van der Waals surface area contributed by atoms with Crippen molar-refractivity contribution in [1.29, 1.82) is 0 Å². The number of carbonyl (C=O) groups excluding carboxylic acids is 1. The van der Waals surface area contributed by atoms with E-state index < -0.39 is 5.91 Å². The molecule has 1 aromatic rings. The minimum Gasteiger partial charge on any atom is -0.379 e. The molecule has 2 N–H and O–H groups in total. The molecule has 0 saturated carbocycles. The molecule has 1 aromatic heterocycles. The molecular weight excluding hydrogens is 208 g/mol. The number of aromatic nitrogens is 2. The summed E-state index contributed by atoms with van der Waals surface area (Å²) in [5, 5.41) is 4.08. The minimum atomic E-state index is -0.431. The van der Waals surface area contributed by atoms with Crippen molar-refractivity contribution < 1.29 is 9.53 Å². The number of primary amides is 1. The minimum absolute atomic E-state index is 0.431. The molecule has 0 aromatic carbocycles. The molecule has 0 atom stereocenters. The van der Waals surface area contributed by atoms with Gasteiger partial charge in [-0.05, 0) is 6.07 Å². The highest BCUT2D eigenvalue weighted by Gasteiger charge is 2.12. The third-order valence-electron chi connectivity index (χ3n) is 2.70. The van der Waals surface area contributed by atoms with Gasteiger partial charge in [-0.2, -0.15) is 5.10 Å². The Morgan fingerprint density at radius 1 is 1.44 bits per heavy atom. The zero-order valence-electron chi connectivity index (χ0n) is 9.13. The highest BCUT2D eigenvalue weighted by atomic mass is 16.5. The molecule has 0 spiro atoms. The summed E-state index contributed by atoms with van der Waals surface area (Å²) < 4.78 is 6.91. The topological polar surface area (TPSA) is 73.4 Å². The first-order chi connectivity index (χ1) is 7.77. The van der Waals surface area contributed by atoms with Gasteiger partial charge in [0.15, 0.2) is 0 Å². The number of ether oxygens (including phenoxy) is 1. The zero-order valence-corrected chi connectivity index (χ0v) is 9.13. The second kappa shape index (κ2) is 5.09. The lowest BCUT2D eigenvalue weighted by molar-refractivity contribution is 0.0358. The van der Waals surface area contributed by atoms with Crippen LogP contribution in [0, 0.1) is 0 Å². The largest absolute Gasteiger partial charge is 0.379 e. The van der Waals surface area contributed by atoms with Gasteiger partial charge in [0.25, 0.3) is 5.91 Å². The molecule has 1 aliphatic heterocycles. The average molecular weight is 224 g/mol. The van der Waals surface area contributed by atoms with Crippen LogP contribution < -0.4 is 5.73 Å². The van der Waals surface area contributed by atoms with E-state index >= 15 is 0 Å². The number of carbonyl (C=O) groups is 1. The van der Waals surface area contributed by atoms with Gasteiger partial charge in [0, 0.05) is 25.8 Å². The Morgan fingerprint density at radius 3 is 2.88 bits per heavy atom. The van der Waals surface area contributed by atoms with E-state index in [1.807, 2.05) is 0 Å². The molecule has 2 heterocycles. The van der Waals surface area contributed by atoms with Crippen molar-refractivity contribution in [1.82, 2.24) is 14.7 Å². The van der Waals surface area contributed by atoms with Crippen molar-refractivity contribution in [3.63, 3.8) is 0 Å². The van der Waals surface area contributed by atoms with E-state index in [-0.39, 0.29) is 0 Å². The molecule has 0 radical (unpaired) electrons. The molecule has 88 valence electrons. The van der Waals surface area contributed by atoms with E-state index in [1.165, 1.54) is 0 Å². The Hall–Kier alpha value is -1.40. The standard InChI is InChI=1S/C10H16N4O2/c11-10(15)9-1-2-12-14(9)4-3-13-5-7-16-8-6-13/h1-2H,3-8H2,(H2,11,15). The van der Waals surface area contributed by atoms with Crippen LogP contribution in [0.3, 0.4) is 0 Å². The number of hydrogen-bond acceptors (Lipinski definition) is 4. The van der Waals surface area contributed by atoms with Gasteiger partial charge in [0.05, 0.1) is 19.8 Å². The van der Waals surface area contributed by atoms with Crippen LogP contribution in [0.2, 0.25) is 0 Å². The van der Waals surface area contributed by atoms with Gasteiger partial charge in [-0.25, -0.2) is 0 Å². The Balaban J connectivity index is 1.88. The van der Waals surface area contributed by atoms with Gasteiger partial charge < -0.3 is 10.5 Å². The third kappa shape index (κ3) is 2.59. The number of rotatable bonds is 4. The Morgan fingerprint density at radius 2 is 2.19 bits per heavy atom. The van der Waals surface area contributed by atoms with Crippen LogP contribution in [0.25, 0.3) is 0 Å². The summed E-state index contributed by atoms with van der Waals surface area (Å²) in [4.78, 5) is 13.3. The number of amides is 1. The summed E-state index contributed by atoms with van der Waals surface area (Å²) in [5.74, 6) is -0.431. The lowest BCUT2D eigenvalue weighted by atomic mass is 10.4. The molecule has 6 nitrogen and oxygen atoms in total. The van der Waals surface area contributed by atoms with Crippen LogP contribution in [0.5, 0.6) is 0 Å². The van der Waals surface area contributed by atoms with Crippen LogP contribution >= 0.6 is 0 Å². The van der Waals surface area contributed by atoms with E-state index in [0.29, 0.717) is 12.2 Å². The van der Waals surface area contributed by atoms with Gasteiger partial charge in [0.2, 0.25) is 0 Å². The average Bonchev–Trinajstić information content (AvgIpc) is 2.76. The molecule has 2 rings (SSSR count). The van der Waals surface area contributed by atoms with Crippen molar-refractivity contribution in [2.24, 2.45) is 5.73 Å². The summed E-state index contributed by atoms with van der Waals surface area (Å²) in [6.07, 6.45) is 1.60. The second-order valence-electron chi connectivity index (χ2n) is 3.76. The normalized spacial score (nSPS) is 17.5. The van der Waals surface area contributed by atoms with Crippen LogP contribution in [-0.2, 0) is 11.3 Å². The summed E-state index contributed by atoms with van der Waals surface area (Å²) in [6, 6.07) is 1.64. The SMILES string of the molecule is NC(=O)c1ccnn1CCN1CCOCC1. The van der Waals surface area contributed by atoms with Crippen molar-refractivity contribution in [2.75, 3.05) is 32.8 Å². The Kier molecular flexibility index (Phi) is 3.53. The second-order valence-corrected chi connectivity index (χ2v) is 3.76. The molecule has 0 unspecified atom stereocenters. The first kappa shape index (κ1) is 11.1. The highest BCUT2D eigenvalue weighted by molar-refractivity contribution is 5.90. The summed E-state index contributed by atoms with van der Waals surface area (Å²) in [7, 11) is 0. The molecule has 16 heavy (non-hydrogen) atoms. The maximum Gasteiger partial charge on any atom is 0.266 e. The van der Waals surface area contributed by atoms with Crippen molar-refractivity contribution in [2.45, 2.75) is 6.54 Å². The van der Waals surface area contributed by atoms with Crippen molar-refractivity contribution in [3.8, 4) is 0 Å². The van der Waals surface area contributed by atoms with E-state index in [4.69, 9.17) is 10.5 Å². The van der Waals surface area contributed by atoms with Gasteiger partial charge >= 0.3 is 0 Å². The quantitative estimate of drug-likeness (QED) is 0.735. The summed E-state index contributed by atoms with van der Waals surface area (Å²) in [6.45, 7) is 4.99. The molecule has 6 heteroatoms. The molecular formula is C10H16N4O2. The van der Waals surface area contributed by atoms with Crippen molar-refractivity contribution >= 4 is 5.91 Å². The maximum absolute atomic E-state index is 11.1. The fourth-order valence-electron chi connectivity index (χ4n) is 1.78. The van der Waals surface area contributed by atoms with Gasteiger partial charge in [0.1, 0.15) is 5.69 Å². The molecule has 0 bridgehead atoms. The number of nitrogens with zero attached hydrogens (tertiary/aromatic N) is 3. The molecule has 0 aliphatic carbocycles. The van der Waals surface area contributed by atoms with Gasteiger partial charge in [-0.15, -0.1) is 0 Å². The predicted molar refractivity (Wildman–Crippen MR) is 58.0 cm³/mol. The van der Waals surface area contributed by atoms with E-state index in [0.717, 1.165) is 32.8 Å². The number of nitrogens with two attached hydrogens (primary N) is 1. The third-order valence-corrected chi connectivity index (χ3v) is 2.70. The highest BCUT2D eigenvalue weighted by Crippen LogP contribution is 2.00. The van der Waals surface area contributed by atoms with Crippen LogP contribution in [0.15, 0.2) is 12.3 Å². The Labute approximate surface area is 94.0 Å². The van der Waals surface area contributed by atoms with Crippen LogP contribution in [0.1, 0.15) is 10.5 Å². The smallest absolute Gasteiger partial charge is 0.266 e. The summed E-state index contributed by atoms with van der Waals surface area (Å²) in [5.41, 5.74) is 5.70. The first-order valence-electron chi connectivity index (χ1n) is 5.39. The maximum atomic E-state index is 11.1. The van der Waals surface area contributed by atoms with E-state index in [2.05, 4.69) is 10.00 Å². The molecule has 1 aliphatic rings. The molecule has 1 fully saturated rings. The monoisotopic (exact) mass is 224 g/mol. The van der Waals surface area contributed by atoms with Crippen molar-refractivity contribution in [3.05, 3.63) is 18.0 Å². The zero-order chi connectivity index (χ0) is 11.4. The predicted octanol–water partition coefficient (Wildman–Crippen LogP) is -0.686. The van der Waals surface area contributed by atoms with Gasteiger partial charge in [-0.3, -0.25) is 14.4 Å². The van der Waals surface area contributed by atoms with Crippen LogP contribution in [-0.4, -0.2) is 53.4 Å². The van der Waals surface area contributed by atoms with E-state index in [9.17, 15) is 4.79 Å². The fourth-order valence-corrected chi connectivity index (χ4v) is 1.78. The van der Waals surface area contributed by atoms with Crippen LogP contribution in [0.4, 0.5) is 0 Å². The fraction of sp³-hybridized carbons (Fsp3) is 0.600. The molecule has 1 saturated heterocycles. The lowest BCUT2D eigenvalue weighted by Gasteiger charge is -2.26. The summed E-state index contributed by atoms with van der Waals surface area (Å²) >= 11 is 0. The number of hydrogen-bond donors (Lipinski definition) is 1. The van der Waals surface area contributed by atoms with Gasteiger partial charge in [-0.1, -0.05) is 0 Å². The lowest BCUT2D eigenvalue weighted by Crippen LogP contribution is -2.38. The first-order valence-corrected chi connectivity index (χ1v) is 5.39. The van der Waals surface area contributed by atoms with E-state index in [1.54, 1.807) is 16.9 Å². The number of morpholine rings is 1. The molecule has 1 amide bonds. The Bertz CT molecular complexity index is 357.